The molecule has 2 rings (SSSR count). The first kappa shape index (κ1) is 22.0. The molecule has 1 saturated heterocycles. The maximum Gasteiger partial charge on any atom is 0.191 e. The van der Waals surface area contributed by atoms with Crippen LogP contribution in [-0.2, 0) is 6.54 Å². The highest BCUT2D eigenvalue weighted by Gasteiger charge is 2.09. The summed E-state index contributed by atoms with van der Waals surface area (Å²) in [5.74, 6) is 1.82. The molecule has 1 aliphatic heterocycles. The number of methoxy groups -OCH3 is 1. The van der Waals surface area contributed by atoms with E-state index in [-0.39, 0.29) is 24.0 Å². The van der Waals surface area contributed by atoms with E-state index in [0.29, 0.717) is 6.54 Å². The van der Waals surface area contributed by atoms with Gasteiger partial charge in [0.15, 0.2) is 5.96 Å². The molecule has 0 saturated carbocycles. The van der Waals surface area contributed by atoms with Crippen LogP contribution in [0.25, 0.3) is 0 Å². The second-order valence-corrected chi connectivity index (χ2v) is 6.33. The van der Waals surface area contributed by atoms with Crippen LogP contribution in [0, 0.1) is 6.92 Å². The lowest BCUT2D eigenvalue weighted by Crippen LogP contribution is -2.42. The van der Waals surface area contributed by atoms with Crippen LogP contribution in [0.2, 0.25) is 0 Å². The van der Waals surface area contributed by atoms with Crippen molar-refractivity contribution >= 4 is 29.9 Å². The molecule has 25 heavy (non-hydrogen) atoms. The lowest BCUT2D eigenvalue weighted by atomic mass is 10.1. The van der Waals surface area contributed by atoms with E-state index in [1.807, 2.05) is 6.07 Å². The zero-order chi connectivity index (χ0) is 17.2. The molecular weight excluding hydrogens is 427 g/mol. The average Bonchev–Trinajstić information content (AvgIpc) is 2.60. The number of ether oxygens (including phenoxy) is 1. The van der Waals surface area contributed by atoms with Gasteiger partial charge in [-0.2, -0.15) is 0 Å². The normalized spacial score (nSPS) is 15.4. The minimum absolute atomic E-state index is 0. The molecule has 0 radical (unpaired) electrons. The standard InChI is InChI=1S/C19H32N4O.HI/c1-4-20-19(21-10-13-23-11-6-5-7-12-23)22-15-17-8-9-18(24-3)16(2)14-17;/h8-9,14H,4-7,10-13,15H2,1-3H3,(H2,20,21,22);1H. The first-order valence-electron chi connectivity index (χ1n) is 9.11. The van der Waals surface area contributed by atoms with Crippen molar-refractivity contribution in [3.8, 4) is 5.75 Å². The van der Waals surface area contributed by atoms with Crippen molar-refractivity contribution in [3.63, 3.8) is 0 Å². The van der Waals surface area contributed by atoms with Crippen LogP contribution in [0.1, 0.15) is 37.3 Å². The number of nitrogens with one attached hydrogen (secondary N) is 2. The summed E-state index contributed by atoms with van der Waals surface area (Å²) in [4.78, 5) is 7.23. The van der Waals surface area contributed by atoms with E-state index in [0.717, 1.165) is 36.9 Å². The quantitative estimate of drug-likeness (QED) is 0.373. The van der Waals surface area contributed by atoms with Gasteiger partial charge in [0.1, 0.15) is 5.75 Å². The third-order valence-corrected chi connectivity index (χ3v) is 4.39. The molecule has 2 N–H and O–H groups in total. The summed E-state index contributed by atoms with van der Waals surface area (Å²) in [5, 5.41) is 6.77. The van der Waals surface area contributed by atoms with Gasteiger partial charge in [0.2, 0.25) is 0 Å². The van der Waals surface area contributed by atoms with Gasteiger partial charge in [-0.05, 0) is 57.0 Å². The smallest absolute Gasteiger partial charge is 0.191 e. The Morgan fingerprint density at radius 1 is 1.20 bits per heavy atom. The fourth-order valence-corrected chi connectivity index (χ4v) is 3.07. The molecule has 0 spiro atoms. The Bertz CT molecular complexity index is 530. The van der Waals surface area contributed by atoms with Gasteiger partial charge in [0.25, 0.3) is 0 Å². The van der Waals surface area contributed by atoms with Crippen molar-refractivity contribution < 1.29 is 4.74 Å². The Hall–Kier alpha value is -1.02. The number of likely N-dealkylation sites (tertiary alicyclic amines) is 1. The van der Waals surface area contributed by atoms with Gasteiger partial charge >= 0.3 is 0 Å². The summed E-state index contributed by atoms with van der Waals surface area (Å²) in [5.41, 5.74) is 2.34. The van der Waals surface area contributed by atoms with Crippen LogP contribution in [0.5, 0.6) is 5.75 Å². The van der Waals surface area contributed by atoms with Crippen LogP contribution < -0.4 is 15.4 Å². The van der Waals surface area contributed by atoms with Gasteiger partial charge < -0.3 is 20.3 Å². The largest absolute Gasteiger partial charge is 0.496 e. The van der Waals surface area contributed by atoms with E-state index in [9.17, 15) is 0 Å². The van der Waals surface area contributed by atoms with Gasteiger partial charge in [-0.3, -0.25) is 0 Å². The number of piperidine rings is 1. The van der Waals surface area contributed by atoms with Crippen molar-refractivity contribution in [2.24, 2.45) is 4.99 Å². The van der Waals surface area contributed by atoms with E-state index >= 15 is 0 Å². The lowest BCUT2D eigenvalue weighted by molar-refractivity contribution is 0.232. The second kappa shape index (κ2) is 12.4. The van der Waals surface area contributed by atoms with E-state index in [4.69, 9.17) is 9.73 Å². The summed E-state index contributed by atoms with van der Waals surface area (Å²) in [7, 11) is 1.70. The number of guanidine groups is 1. The summed E-state index contributed by atoms with van der Waals surface area (Å²) in [6.07, 6.45) is 4.06. The maximum atomic E-state index is 5.31. The first-order valence-corrected chi connectivity index (χ1v) is 9.11. The van der Waals surface area contributed by atoms with Crippen molar-refractivity contribution in [2.75, 3.05) is 39.8 Å². The molecule has 0 aromatic heterocycles. The molecule has 142 valence electrons. The zero-order valence-electron chi connectivity index (χ0n) is 15.8. The predicted octanol–water partition coefficient (Wildman–Crippen LogP) is 3.16. The maximum absolute atomic E-state index is 5.31. The van der Waals surface area contributed by atoms with Gasteiger partial charge in [0, 0.05) is 19.6 Å². The molecule has 1 aromatic carbocycles. The van der Waals surface area contributed by atoms with Crippen molar-refractivity contribution in [2.45, 2.75) is 39.7 Å². The van der Waals surface area contributed by atoms with Crippen LogP contribution in [-0.4, -0.2) is 50.7 Å². The number of hydrogen-bond donors (Lipinski definition) is 2. The minimum atomic E-state index is 0. The summed E-state index contributed by atoms with van der Waals surface area (Å²) in [6, 6.07) is 6.23. The average molecular weight is 460 g/mol. The van der Waals surface area contributed by atoms with E-state index in [1.165, 1.54) is 37.9 Å². The molecule has 5 nitrogen and oxygen atoms in total. The predicted molar refractivity (Wildman–Crippen MR) is 116 cm³/mol. The zero-order valence-corrected chi connectivity index (χ0v) is 18.1. The number of rotatable bonds is 7. The Morgan fingerprint density at radius 3 is 2.60 bits per heavy atom. The highest BCUT2D eigenvalue weighted by Crippen LogP contribution is 2.18. The third kappa shape index (κ3) is 7.81. The molecule has 1 aliphatic rings. The van der Waals surface area contributed by atoms with Gasteiger partial charge in [0.05, 0.1) is 13.7 Å². The van der Waals surface area contributed by atoms with Crippen LogP contribution in [0.3, 0.4) is 0 Å². The van der Waals surface area contributed by atoms with Crippen LogP contribution in [0.4, 0.5) is 0 Å². The Labute approximate surface area is 169 Å². The Kier molecular flexibility index (Phi) is 10.9. The molecule has 0 amide bonds. The van der Waals surface area contributed by atoms with Gasteiger partial charge in [-0.25, -0.2) is 4.99 Å². The Morgan fingerprint density at radius 2 is 1.96 bits per heavy atom. The van der Waals surface area contributed by atoms with E-state index < -0.39 is 0 Å². The molecule has 0 bridgehead atoms. The van der Waals surface area contributed by atoms with Gasteiger partial charge in [-0.1, -0.05) is 18.6 Å². The molecule has 6 heteroatoms. The molecule has 0 unspecified atom stereocenters. The molecule has 1 heterocycles. The Balaban J connectivity index is 0.00000312. The number of hydrogen-bond acceptors (Lipinski definition) is 3. The highest BCUT2D eigenvalue weighted by atomic mass is 127. The first-order chi connectivity index (χ1) is 11.7. The number of benzene rings is 1. The monoisotopic (exact) mass is 460 g/mol. The fraction of sp³-hybridized carbons (Fsp3) is 0.632. The number of aliphatic imine (C=N–C) groups is 1. The summed E-state index contributed by atoms with van der Waals surface area (Å²) >= 11 is 0. The number of halogens is 1. The number of nitrogens with zero attached hydrogens (tertiary/aromatic N) is 2. The van der Waals surface area contributed by atoms with Crippen molar-refractivity contribution in [1.82, 2.24) is 15.5 Å². The fourth-order valence-electron chi connectivity index (χ4n) is 3.07. The topological polar surface area (TPSA) is 48.9 Å². The minimum Gasteiger partial charge on any atom is -0.496 e. The molecular formula is C19H33IN4O. The second-order valence-electron chi connectivity index (χ2n) is 6.33. The van der Waals surface area contributed by atoms with Crippen molar-refractivity contribution in [1.29, 1.82) is 0 Å². The van der Waals surface area contributed by atoms with E-state index in [1.54, 1.807) is 7.11 Å². The molecule has 0 atom stereocenters. The summed E-state index contributed by atoms with van der Waals surface area (Å²) < 4.78 is 5.31. The van der Waals surface area contributed by atoms with Crippen LogP contribution >= 0.6 is 24.0 Å². The van der Waals surface area contributed by atoms with E-state index in [2.05, 4.69) is 41.5 Å². The van der Waals surface area contributed by atoms with Crippen molar-refractivity contribution in [3.05, 3.63) is 29.3 Å². The molecule has 1 aromatic rings. The van der Waals surface area contributed by atoms with Crippen LogP contribution in [0.15, 0.2) is 23.2 Å². The SMILES string of the molecule is CCNC(=NCc1ccc(OC)c(C)c1)NCCN1CCCCC1.I. The summed E-state index contributed by atoms with van der Waals surface area (Å²) in [6.45, 7) is 10.2. The molecule has 1 fully saturated rings. The lowest BCUT2D eigenvalue weighted by Gasteiger charge is -2.26. The van der Waals surface area contributed by atoms with Gasteiger partial charge in [-0.15, -0.1) is 24.0 Å². The highest BCUT2D eigenvalue weighted by molar-refractivity contribution is 14.0. The third-order valence-electron chi connectivity index (χ3n) is 4.39. The number of aryl methyl sites for hydroxylation is 1. The molecule has 0 aliphatic carbocycles.